The number of urea groups is 1. The molecular formula is C20H21FN2O2S. The highest BCUT2D eigenvalue weighted by Gasteiger charge is 2.17. The summed E-state index contributed by atoms with van der Waals surface area (Å²) in [6.07, 6.45) is 0. The van der Waals surface area contributed by atoms with Crippen molar-refractivity contribution in [1.82, 2.24) is 10.2 Å². The summed E-state index contributed by atoms with van der Waals surface area (Å²) in [7, 11) is 3.11. The summed E-state index contributed by atoms with van der Waals surface area (Å²) in [5, 5.41) is 6.24. The number of nitrogens with zero attached hydrogens (tertiary/aromatic N) is 1. The average molecular weight is 372 g/mol. The molecule has 1 atom stereocenters. The highest BCUT2D eigenvalue weighted by molar-refractivity contribution is 7.17. The van der Waals surface area contributed by atoms with Crippen LogP contribution in [-0.2, 0) is 6.54 Å². The first-order valence-electron chi connectivity index (χ1n) is 8.29. The topological polar surface area (TPSA) is 41.6 Å². The molecule has 0 aliphatic carbocycles. The van der Waals surface area contributed by atoms with Gasteiger partial charge in [-0.2, -0.15) is 0 Å². The van der Waals surface area contributed by atoms with Crippen molar-refractivity contribution >= 4 is 27.5 Å². The van der Waals surface area contributed by atoms with Gasteiger partial charge in [-0.05, 0) is 47.0 Å². The monoisotopic (exact) mass is 372 g/mol. The maximum absolute atomic E-state index is 13.8. The SMILES string of the molecule is COc1ccc(CN(C)C(=O)NC(C)c2csc3ccccc23)cc1F. The zero-order chi connectivity index (χ0) is 18.7. The lowest BCUT2D eigenvalue weighted by atomic mass is 10.1. The fraction of sp³-hybridized carbons (Fsp3) is 0.250. The number of hydrogen-bond donors (Lipinski definition) is 1. The molecule has 3 rings (SSSR count). The molecule has 2 aromatic carbocycles. The Morgan fingerprint density at radius 1 is 1.31 bits per heavy atom. The number of halogens is 1. The van der Waals surface area contributed by atoms with Crippen LogP contribution in [0.4, 0.5) is 9.18 Å². The quantitative estimate of drug-likeness (QED) is 0.688. The van der Waals surface area contributed by atoms with E-state index in [2.05, 4.69) is 22.8 Å². The summed E-state index contributed by atoms with van der Waals surface area (Å²) >= 11 is 1.67. The van der Waals surface area contributed by atoms with Crippen molar-refractivity contribution in [2.45, 2.75) is 19.5 Å². The Balaban J connectivity index is 1.66. The van der Waals surface area contributed by atoms with Gasteiger partial charge in [0.05, 0.1) is 13.2 Å². The van der Waals surface area contributed by atoms with Crippen molar-refractivity contribution < 1.29 is 13.9 Å². The van der Waals surface area contributed by atoms with Gasteiger partial charge in [0.25, 0.3) is 0 Å². The third-order valence-corrected chi connectivity index (χ3v) is 5.28. The van der Waals surface area contributed by atoms with Crippen LogP contribution in [0, 0.1) is 5.82 Å². The van der Waals surface area contributed by atoms with Crippen LogP contribution in [0.2, 0.25) is 0 Å². The van der Waals surface area contributed by atoms with Gasteiger partial charge >= 0.3 is 6.03 Å². The molecule has 6 heteroatoms. The minimum atomic E-state index is -0.433. The van der Waals surface area contributed by atoms with Gasteiger partial charge in [-0.1, -0.05) is 24.3 Å². The number of carbonyl (C=O) groups excluding carboxylic acids is 1. The van der Waals surface area contributed by atoms with Gasteiger partial charge in [-0.3, -0.25) is 0 Å². The van der Waals surface area contributed by atoms with E-state index in [1.807, 2.05) is 19.1 Å². The Hall–Kier alpha value is -2.60. The number of benzene rings is 2. The second kappa shape index (κ2) is 7.74. The summed E-state index contributed by atoms with van der Waals surface area (Å²) in [5.41, 5.74) is 1.80. The lowest BCUT2D eigenvalue weighted by Gasteiger charge is -2.21. The molecule has 1 aromatic heterocycles. The van der Waals surface area contributed by atoms with Gasteiger partial charge in [0.15, 0.2) is 11.6 Å². The number of fused-ring (bicyclic) bond motifs is 1. The van der Waals surface area contributed by atoms with Crippen LogP contribution in [0.1, 0.15) is 24.1 Å². The minimum absolute atomic E-state index is 0.117. The molecule has 3 aromatic rings. The van der Waals surface area contributed by atoms with Gasteiger partial charge in [0, 0.05) is 18.3 Å². The third-order valence-electron chi connectivity index (χ3n) is 4.30. The molecule has 136 valence electrons. The molecule has 0 spiro atoms. The van der Waals surface area contributed by atoms with Crippen molar-refractivity contribution in [1.29, 1.82) is 0 Å². The number of amides is 2. The van der Waals surface area contributed by atoms with Crippen LogP contribution in [0.3, 0.4) is 0 Å². The average Bonchev–Trinajstić information content (AvgIpc) is 3.06. The first-order chi connectivity index (χ1) is 12.5. The summed E-state index contributed by atoms with van der Waals surface area (Å²) < 4.78 is 19.9. The first kappa shape index (κ1) is 18.2. The number of carbonyl (C=O) groups is 1. The molecule has 0 aliphatic rings. The van der Waals surface area contributed by atoms with E-state index in [1.54, 1.807) is 30.5 Å². The molecule has 2 amide bonds. The first-order valence-corrected chi connectivity index (χ1v) is 9.17. The fourth-order valence-electron chi connectivity index (χ4n) is 2.86. The predicted octanol–water partition coefficient (Wildman–Crippen LogP) is 4.95. The molecule has 26 heavy (non-hydrogen) atoms. The fourth-order valence-corrected chi connectivity index (χ4v) is 3.92. The molecule has 0 saturated heterocycles. The largest absolute Gasteiger partial charge is 0.494 e. The Labute approximate surface area is 156 Å². The highest BCUT2D eigenvalue weighted by Crippen LogP contribution is 2.30. The van der Waals surface area contributed by atoms with Crippen molar-refractivity contribution in [2.24, 2.45) is 0 Å². The molecule has 0 radical (unpaired) electrons. The van der Waals surface area contributed by atoms with Gasteiger partial charge in [0.1, 0.15) is 0 Å². The van der Waals surface area contributed by atoms with Gasteiger partial charge in [0.2, 0.25) is 0 Å². The number of methoxy groups -OCH3 is 1. The van der Waals surface area contributed by atoms with E-state index in [-0.39, 0.29) is 17.8 Å². The third kappa shape index (κ3) is 3.80. The molecular weight excluding hydrogens is 351 g/mol. The Morgan fingerprint density at radius 3 is 2.81 bits per heavy atom. The second-order valence-electron chi connectivity index (χ2n) is 6.18. The van der Waals surface area contributed by atoms with E-state index in [0.29, 0.717) is 12.1 Å². The van der Waals surface area contributed by atoms with E-state index in [9.17, 15) is 9.18 Å². The summed E-state index contributed by atoms with van der Waals surface area (Å²) in [4.78, 5) is 14.0. The van der Waals surface area contributed by atoms with E-state index in [0.717, 1.165) is 10.9 Å². The minimum Gasteiger partial charge on any atom is -0.494 e. The van der Waals surface area contributed by atoms with E-state index in [4.69, 9.17) is 4.74 Å². The lowest BCUT2D eigenvalue weighted by molar-refractivity contribution is 0.203. The Bertz CT molecular complexity index is 925. The van der Waals surface area contributed by atoms with Gasteiger partial charge < -0.3 is 15.0 Å². The van der Waals surface area contributed by atoms with Crippen LogP contribution in [0.5, 0.6) is 5.75 Å². The summed E-state index contributed by atoms with van der Waals surface area (Å²) in [6.45, 7) is 2.27. The molecule has 4 nitrogen and oxygen atoms in total. The summed E-state index contributed by atoms with van der Waals surface area (Å²) in [5.74, 6) is -0.240. The molecule has 0 bridgehead atoms. The predicted molar refractivity (Wildman–Crippen MR) is 103 cm³/mol. The van der Waals surface area contributed by atoms with E-state index in [1.165, 1.54) is 22.8 Å². The summed E-state index contributed by atoms with van der Waals surface area (Å²) in [6, 6.07) is 12.5. The number of nitrogens with one attached hydrogen (secondary N) is 1. The van der Waals surface area contributed by atoms with Crippen molar-refractivity contribution in [3.63, 3.8) is 0 Å². The smallest absolute Gasteiger partial charge is 0.317 e. The molecule has 0 saturated carbocycles. The number of thiophene rings is 1. The van der Waals surface area contributed by atoms with Gasteiger partial charge in [-0.15, -0.1) is 11.3 Å². The normalized spacial score (nSPS) is 12.0. The Kier molecular flexibility index (Phi) is 5.42. The molecule has 1 N–H and O–H groups in total. The lowest BCUT2D eigenvalue weighted by Crippen LogP contribution is -2.38. The molecule has 1 heterocycles. The van der Waals surface area contributed by atoms with Crippen LogP contribution < -0.4 is 10.1 Å². The highest BCUT2D eigenvalue weighted by atomic mass is 32.1. The zero-order valence-corrected chi connectivity index (χ0v) is 15.8. The van der Waals surface area contributed by atoms with Crippen molar-refractivity contribution in [3.05, 3.63) is 64.8 Å². The zero-order valence-electron chi connectivity index (χ0n) is 15.0. The number of hydrogen-bond acceptors (Lipinski definition) is 3. The van der Waals surface area contributed by atoms with Gasteiger partial charge in [-0.25, -0.2) is 9.18 Å². The molecule has 1 unspecified atom stereocenters. The van der Waals surface area contributed by atoms with E-state index < -0.39 is 5.82 Å². The van der Waals surface area contributed by atoms with Crippen LogP contribution in [0.15, 0.2) is 47.8 Å². The van der Waals surface area contributed by atoms with E-state index >= 15 is 0 Å². The van der Waals surface area contributed by atoms with Crippen LogP contribution >= 0.6 is 11.3 Å². The second-order valence-corrected chi connectivity index (χ2v) is 7.09. The standard InChI is InChI=1S/C20H21FN2O2S/c1-13(16-12-26-19-7-5-4-6-15(16)19)22-20(24)23(2)11-14-8-9-18(25-3)17(21)10-14/h4-10,12-13H,11H2,1-3H3,(H,22,24). The molecule has 0 fully saturated rings. The van der Waals surface area contributed by atoms with Crippen LogP contribution in [-0.4, -0.2) is 25.1 Å². The number of ether oxygens (including phenoxy) is 1. The maximum Gasteiger partial charge on any atom is 0.317 e. The maximum atomic E-state index is 13.8. The number of rotatable bonds is 5. The van der Waals surface area contributed by atoms with Crippen molar-refractivity contribution in [2.75, 3.05) is 14.2 Å². The van der Waals surface area contributed by atoms with Crippen LogP contribution in [0.25, 0.3) is 10.1 Å². The van der Waals surface area contributed by atoms with Crippen molar-refractivity contribution in [3.8, 4) is 5.75 Å². The molecule has 0 aliphatic heterocycles. The Morgan fingerprint density at radius 2 is 2.08 bits per heavy atom.